The van der Waals surface area contributed by atoms with Gasteiger partial charge in [-0.05, 0) is 61.2 Å². The molecule has 6 heteroatoms. The SMILES string of the molecule is Cc1ccc(N(CCN2C(=O)c3cccc4cccc(c34)C2=O)C(=O)c2cccc(Cl)c2)c(C)c1. The summed E-state index contributed by atoms with van der Waals surface area (Å²) in [6, 6.07) is 23.5. The van der Waals surface area contributed by atoms with E-state index in [1.54, 1.807) is 41.3 Å². The van der Waals surface area contributed by atoms with E-state index in [2.05, 4.69) is 0 Å². The Morgan fingerprint density at radius 2 is 1.51 bits per heavy atom. The maximum Gasteiger partial charge on any atom is 0.261 e. The maximum absolute atomic E-state index is 13.6. The summed E-state index contributed by atoms with van der Waals surface area (Å²) >= 11 is 6.15. The fourth-order valence-electron chi connectivity index (χ4n) is 4.70. The molecular formula is C29H23ClN2O3. The standard InChI is InChI=1S/C29H23ClN2O3/c1-18-12-13-25(19(2)16-18)31(27(33)21-8-3-9-22(30)17-21)14-15-32-28(34)23-10-4-6-20-7-5-11-24(26(20)23)29(32)35/h3-13,16-17H,14-15H2,1-2H3. The van der Waals surface area contributed by atoms with Crippen LogP contribution in [0.1, 0.15) is 42.2 Å². The summed E-state index contributed by atoms with van der Waals surface area (Å²) in [6.45, 7) is 4.13. The molecule has 0 aromatic heterocycles. The summed E-state index contributed by atoms with van der Waals surface area (Å²) in [7, 11) is 0. The molecule has 5 rings (SSSR count). The number of benzene rings is 4. The van der Waals surface area contributed by atoms with Crippen molar-refractivity contribution in [2.24, 2.45) is 0 Å². The van der Waals surface area contributed by atoms with Crippen molar-refractivity contribution in [1.82, 2.24) is 4.90 Å². The minimum Gasteiger partial charge on any atom is -0.306 e. The van der Waals surface area contributed by atoms with Gasteiger partial charge in [-0.1, -0.05) is 59.6 Å². The first kappa shape index (κ1) is 22.8. The number of aryl methyl sites for hydroxylation is 2. The largest absolute Gasteiger partial charge is 0.306 e. The first-order valence-electron chi connectivity index (χ1n) is 11.4. The zero-order valence-corrected chi connectivity index (χ0v) is 20.2. The van der Waals surface area contributed by atoms with Crippen LogP contribution in [0, 0.1) is 13.8 Å². The number of amides is 3. The Bertz CT molecular complexity index is 1460. The Morgan fingerprint density at radius 3 is 2.14 bits per heavy atom. The van der Waals surface area contributed by atoms with Crippen LogP contribution in [0.4, 0.5) is 5.69 Å². The molecule has 0 bridgehead atoms. The zero-order valence-electron chi connectivity index (χ0n) is 19.4. The van der Waals surface area contributed by atoms with E-state index in [0.717, 1.165) is 22.2 Å². The van der Waals surface area contributed by atoms with Crippen LogP contribution in [0.2, 0.25) is 5.02 Å². The Hall–Kier alpha value is -3.96. The number of imide groups is 1. The summed E-state index contributed by atoms with van der Waals surface area (Å²) in [6.07, 6.45) is 0. The van der Waals surface area contributed by atoms with Crippen LogP contribution in [0.25, 0.3) is 10.8 Å². The van der Waals surface area contributed by atoms with Gasteiger partial charge in [-0.3, -0.25) is 19.3 Å². The number of nitrogens with zero attached hydrogens (tertiary/aromatic N) is 2. The molecule has 0 atom stereocenters. The van der Waals surface area contributed by atoms with Gasteiger partial charge in [-0.15, -0.1) is 0 Å². The van der Waals surface area contributed by atoms with Crippen LogP contribution < -0.4 is 4.90 Å². The quantitative estimate of drug-likeness (QED) is 0.325. The Morgan fingerprint density at radius 1 is 0.857 bits per heavy atom. The second-order valence-electron chi connectivity index (χ2n) is 8.73. The lowest BCUT2D eigenvalue weighted by Gasteiger charge is -2.31. The normalized spacial score (nSPS) is 12.8. The van der Waals surface area contributed by atoms with Crippen LogP contribution >= 0.6 is 11.6 Å². The number of halogens is 1. The molecule has 0 radical (unpaired) electrons. The Balaban J connectivity index is 1.50. The van der Waals surface area contributed by atoms with Gasteiger partial charge in [0, 0.05) is 45.9 Å². The number of hydrogen-bond donors (Lipinski definition) is 0. The molecule has 4 aromatic carbocycles. The van der Waals surface area contributed by atoms with Crippen molar-refractivity contribution in [2.45, 2.75) is 13.8 Å². The average molecular weight is 483 g/mol. The molecule has 0 fully saturated rings. The number of rotatable bonds is 5. The van der Waals surface area contributed by atoms with E-state index in [4.69, 9.17) is 11.6 Å². The van der Waals surface area contributed by atoms with E-state index in [0.29, 0.717) is 27.1 Å². The zero-order chi connectivity index (χ0) is 24.7. The number of carbonyl (C=O) groups is 3. The summed E-state index contributed by atoms with van der Waals surface area (Å²) in [5, 5.41) is 2.00. The highest BCUT2D eigenvalue weighted by Crippen LogP contribution is 2.30. The van der Waals surface area contributed by atoms with Crippen molar-refractivity contribution in [1.29, 1.82) is 0 Å². The third-order valence-electron chi connectivity index (χ3n) is 6.36. The van der Waals surface area contributed by atoms with Crippen LogP contribution in [-0.2, 0) is 0 Å². The lowest BCUT2D eigenvalue weighted by Crippen LogP contribution is -2.46. The lowest BCUT2D eigenvalue weighted by molar-refractivity contribution is 0.0611. The minimum atomic E-state index is -0.352. The van der Waals surface area contributed by atoms with Crippen molar-refractivity contribution in [3.05, 3.63) is 112 Å². The monoisotopic (exact) mass is 482 g/mol. The molecule has 5 nitrogen and oxygen atoms in total. The van der Waals surface area contributed by atoms with E-state index in [1.807, 2.05) is 56.3 Å². The third-order valence-corrected chi connectivity index (χ3v) is 6.60. The van der Waals surface area contributed by atoms with Crippen molar-refractivity contribution in [2.75, 3.05) is 18.0 Å². The molecule has 1 aliphatic heterocycles. The van der Waals surface area contributed by atoms with Gasteiger partial charge in [0.25, 0.3) is 17.7 Å². The van der Waals surface area contributed by atoms with Crippen molar-refractivity contribution in [3.63, 3.8) is 0 Å². The molecule has 3 amide bonds. The summed E-state index contributed by atoms with van der Waals surface area (Å²) in [5.74, 6) is -0.955. The predicted molar refractivity (Wildman–Crippen MR) is 138 cm³/mol. The second-order valence-corrected chi connectivity index (χ2v) is 9.16. The predicted octanol–water partition coefficient (Wildman–Crippen LogP) is 6.05. The molecule has 1 heterocycles. The van der Waals surface area contributed by atoms with Gasteiger partial charge in [0.15, 0.2) is 0 Å². The first-order chi connectivity index (χ1) is 16.8. The van der Waals surface area contributed by atoms with Crippen LogP contribution in [0.3, 0.4) is 0 Å². The smallest absolute Gasteiger partial charge is 0.261 e. The van der Waals surface area contributed by atoms with Crippen LogP contribution in [0.5, 0.6) is 0 Å². The Labute approximate surface area is 208 Å². The molecule has 0 spiro atoms. The van der Waals surface area contributed by atoms with Gasteiger partial charge in [-0.25, -0.2) is 0 Å². The number of hydrogen-bond acceptors (Lipinski definition) is 3. The van der Waals surface area contributed by atoms with E-state index in [1.165, 1.54) is 4.90 Å². The van der Waals surface area contributed by atoms with Crippen molar-refractivity contribution < 1.29 is 14.4 Å². The molecule has 0 aliphatic carbocycles. The van der Waals surface area contributed by atoms with E-state index < -0.39 is 0 Å². The molecule has 0 saturated heterocycles. The van der Waals surface area contributed by atoms with E-state index >= 15 is 0 Å². The van der Waals surface area contributed by atoms with Gasteiger partial charge in [0.05, 0.1) is 0 Å². The maximum atomic E-state index is 13.6. The molecule has 0 unspecified atom stereocenters. The second kappa shape index (κ2) is 9.01. The van der Waals surface area contributed by atoms with Crippen LogP contribution in [-0.4, -0.2) is 35.7 Å². The van der Waals surface area contributed by atoms with Gasteiger partial charge in [0.2, 0.25) is 0 Å². The highest BCUT2D eigenvalue weighted by atomic mass is 35.5. The highest BCUT2D eigenvalue weighted by Gasteiger charge is 2.33. The van der Waals surface area contributed by atoms with Crippen LogP contribution in [0.15, 0.2) is 78.9 Å². The summed E-state index contributed by atoms with van der Waals surface area (Å²) < 4.78 is 0. The summed E-state index contributed by atoms with van der Waals surface area (Å²) in [5.41, 5.74) is 4.15. The number of carbonyl (C=O) groups excluding carboxylic acids is 3. The number of anilines is 1. The highest BCUT2D eigenvalue weighted by molar-refractivity contribution is 6.31. The fraction of sp³-hybridized carbons (Fsp3) is 0.138. The first-order valence-corrected chi connectivity index (χ1v) is 11.8. The molecule has 0 N–H and O–H groups in total. The molecule has 174 valence electrons. The molecule has 35 heavy (non-hydrogen) atoms. The minimum absolute atomic E-state index is 0.0576. The average Bonchev–Trinajstić information content (AvgIpc) is 2.85. The van der Waals surface area contributed by atoms with Gasteiger partial charge < -0.3 is 4.90 Å². The lowest BCUT2D eigenvalue weighted by atomic mass is 9.94. The topological polar surface area (TPSA) is 57.7 Å². The van der Waals surface area contributed by atoms with Crippen molar-refractivity contribution in [3.8, 4) is 0 Å². The summed E-state index contributed by atoms with van der Waals surface area (Å²) in [4.78, 5) is 43.1. The van der Waals surface area contributed by atoms with Gasteiger partial charge >= 0.3 is 0 Å². The fourth-order valence-corrected chi connectivity index (χ4v) is 4.89. The molecule has 0 saturated carbocycles. The molecular weight excluding hydrogens is 460 g/mol. The van der Waals surface area contributed by atoms with E-state index in [9.17, 15) is 14.4 Å². The van der Waals surface area contributed by atoms with E-state index in [-0.39, 0.29) is 30.8 Å². The third kappa shape index (κ3) is 4.08. The van der Waals surface area contributed by atoms with Gasteiger partial charge in [0.1, 0.15) is 0 Å². The molecule has 1 aliphatic rings. The van der Waals surface area contributed by atoms with Gasteiger partial charge in [-0.2, -0.15) is 0 Å². The molecule has 4 aromatic rings. The van der Waals surface area contributed by atoms with Crippen molar-refractivity contribution >= 4 is 45.8 Å². The Kier molecular flexibility index (Phi) is 5.87.